The average Bonchev–Trinajstić information content (AvgIpc) is 1.87. The summed E-state index contributed by atoms with van der Waals surface area (Å²) in [5.74, 6) is -0.247. The summed E-state index contributed by atoms with van der Waals surface area (Å²) >= 11 is 0. The molecule has 56 valence electrons. The van der Waals surface area contributed by atoms with Crippen molar-refractivity contribution in [2.75, 3.05) is 7.11 Å². The molecule has 0 aliphatic rings. The van der Waals surface area contributed by atoms with Crippen molar-refractivity contribution in [1.82, 2.24) is 0 Å². The predicted octanol–water partition coefficient (Wildman–Crippen LogP) is 0.0634. The molecule has 10 heavy (non-hydrogen) atoms. The van der Waals surface area contributed by atoms with Gasteiger partial charge in [0.15, 0.2) is 5.78 Å². The van der Waals surface area contributed by atoms with Gasteiger partial charge < -0.3 is 4.89 Å². The lowest BCUT2D eigenvalue weighted by molar-refractivity contribution is -0.173. The number of ketones is 1. The van der Waals surface area contributed by atoms with Crippen LogP contribution in [0.2, 0.25) is 0 Å². The second kappa shape index (κ2) is 5.17. The zero-order valence-electron chi connectivity index (χ0n) is 5.64. The van der Waals surface area contributed by atoms with E-state index in [1.165, 1.54) is 14.0 Å². The minimum atomic E-state index is -2.08. The number of carbonyl (C=O) groups excluding carboxylic acids is 1. The first-order valence-corrected chi connectivity index (χ1v) is 3.55. The third-order valence-corrected chi connectivity index (χ3v) is 1.08. The summed E-state index contributed by atoms with van der Waals surface area (Å²) in [6.45, 7) is 1.32. The molecule has 0 N–H and O–H groups in total. The summed E-state index contributed by atoms with van der Waals surface area (Å²) in [4.78, 5) is 23.6. The van der Waals surface area contributed by atoms with E-state index >= 15 is 0 Å². The maximum atomic E-state index is 10.3. The van der Waals surface area contributed by atoms with Gasteiger partial charge in [0.25, 0.3) is 0 Å². The van der Waals surface area contributed by atoms with Crippen LogP contribution in [-0.2, 0) is 9.32 Å². The Labute approximate surface area is 59.3 Å². The van der Waals surface area contributed by atoms with E-state index < -0.39 is 8.17 Å². The molecule has 1 atom stereocenters. The molecule has 0 heterocycles. The summed E-state index contributed by atoms with van der Waals surface area (Å²) in [6, 6.07) is 0. The number of nitrogens with zero attached hydrogens (tertiary/aromatic N) is 2. The second-order valence-corrected chi connectivity index (χ2v) is 2.38. The van der Waals surface area contributed by atoms with Gasteiger partial charge in [-0.25, -0.2) is 0 Å². The number of Topliss-reactive ketones (excluding diaryl/α,β-unsaturated/α-hetero) is 1. The van der Waals surface area contributed by atoms with Crippen molar-refractivity contribution in [2.45, 2.75) is 6.92 Å². The van der Waals surface area contributed by atoms with Gasteiger partial charge in [-0.2, -0.15) is 4.52 Å². The van der Waals surface area contributed by atoms with E-state index in [0.717, 1.165) is 6.21 Å². The number of hydrogen-bond acceptors (Lipinski definition) is 4. The van der Waals surface area contributed by atoms with E-state index in [0.29, 0.717) is 0 Å². The molecule has 0 rings (SSSR count). The first kappa shape index (κ1) is 9.36. The number of rotatable bonds is 3. The van der Waals surface area contributed by atoms with Gasteiger partial charge in [0.1, 0.15) is 0 Å². The second-order valence-electron chi connectivity index (χ2n) is 1.37. The molecule has 5 nitrogen and oxygen atoms in total. The summed E-state index contributed by atoms with van der Waals surface area (Å²) in [5.41, 5.74) is 0. The Kier molecular flexibility index (Phi) is 4.84. The predicted molar refractivity (Wildman–Crippen MR) is 35.5 cm³/mol. The Hall–Kier alpha value is -0.640. The smallest absolute Gasteiger partial charge is 0.369 e. The Morgan fingerprint density at radius 2 is 2.40 bits per heavy atom. The fourth-order valence-corrected chi connectivity index (χ4v) is 0.395. The monoisotopic (exact) mass is 162 g/mol. The minimum absolute atomic E-state index is 0.247. The molecule has 0 aliphatic heterocycles. The quantitative estimate of drug-likeness (QED) is 0.334. The molecule has 0 amide bonds. The average molecular weight is 162 g/mol. The van der Waals surface area contributed by atoms with E-state index in [9.17, 15) is 9.69 Å². The van der Waals surface area contributed by atoms with Crippen molar-refractivity contribution >= 4 is 20.2 Å². The lowest BCUT2D eigenvalue weighted by Crippen LogP contribution is -1.89. The highest BCUT2D eigenvalue weighted by molar-refractivity contribution is 7.33. The molecule has 0 aromatic carbocycles. The van der Waals surface area contributed by atoms with Gasteiger partial charge >= 0.3 is 8.17 Å². The van der Waals surface area contributed by atoms with Crippen LogP contribution in [0.5, 0.6) is 0 Å². The zero-order chi connectivity index (χ0) is 7.98. The lowest BCUT2D eigenvalue weighted by atomic mass is 10.5. The van der Waals surface area contributed by atoms with Crippen molar-refractivity contribution < 1.29 is 14.2 Å². The van der Waals surface area contributed by atoms with Crippen molar-refractivity contribution in [3.05, 3.63) is 0 Å². The van der Waals surface area contributed by atoms with Gasteiger partial charge in [0.05, 0.1) is 18.2 Å². The fourth-order valence-electron chi connectivity index (χ4n) is 0.186. The highest BCUT2D eigenvalue weighted by Crippen LogP contribution is 2.12. The molecular formula is C4H7N2O3P. The molecule has 0 saturated heterocycles. The lowest BCUT2D eigenvalue weighted by Gasteiger charge is -1.81. The van der Waals surface area contributed by atoms with Gasteiger partial charge in [-0.1, -0.05) is 0 Å². The third-order valence-electron chi connectivity index (χ3n) is 0.520. The van der Waals surface area contributed by atoms with Gasteiger partial charge in [-0.15, -0.1) is 5.10 Å². The molecule has 6 heteroatoms. The van der Waals surface area contributed by atoms with Gasteiger partial charge in [0.2, 0.25) is 0 Å². The van der Waals surface area contributed by atoms with Crippen LogP contribution >= 0.6 is 8.17 Å². The molecular weight excluding hydrogens is 155 g/mol. The summed E-state index contributed by atoms with van der Waals surface area (Å²) < 4.78 is 4.25. The van der Waals surface area contributed by atoms with Crippen molar-refractivity contribution in [2.24, 2.45) is 9.96 Å². The SMILES string of the molecule is CO[P+]([O-])=NN=CC(C)=O. The molecule has 0 spiro atoms. The molecule has 0 fully saturated rings. The summed E-state index contributed by atoms with van der Waals surface area (Å²) in [7, 11) is -0.843. The van der Waals surface area contributed by atoms with Gasteiger partial charge in [-0.3, -0.25) is 4.79 Å². The van der Waals surface area contributed by atoms with Crippen LogP contribution < -0.4 is 4.89 Å². The molecule has 0 saturated carbocycles. The van der Waals surface area contributed by atoms with Crippen LogP contribution in [-0.4, -0.2) is 19.1 Å². The Morgan fingerprint density at radius 3 is 2.80 bits per heavy atom. The summed E-state index contributed by atoms with van der Waals surface area (Å²) in [5, 5.41) is 3.18. The Balaban J connectivity index is 3.82. The maximum absolute atomic E-state index is 10.3. The first-order chi connectivity index (χ1) is 4.66. The highest BCUT2D eigenvalue weighted by Gasteiger charge is 1.90. The summed E-state index contributed by atoms with van der Waals surface area (Å²) in [6.07, 6.45) is 0.965. The van der Waals surface area contributed by atoms with Crippen LogP contribution in [0, 0.1) is 0 Å². The van der Waals surface area contributed by atoms with Gasteiger partial charge in [-0.05, 0) is 0 Å². The molecule has 0 aliphatic carbocycles. The van der Waals surface area contributed by atoms with Crippen molar-refractivity contribution in [3.63, 3.8) is 0 Å². The number of carbonyl (C=O) groups is 1. The number of hydrogen-bond donors (Lipinski definition) is 0. The molecule has 0 bridgehead atoms. The van der Waals surface area contributed by atoms with E-state index in [1.54, 1.807) is 0 Å². The standard InChI is InChI=1S/C4H7N2O3P/c1-4(7)3-5-6-10(8)9-2/h3H,1-2H3. The Bertz CT molecular complexity index is 177. The van der Waals surface area contributed by atoms with E-state index in [4.69, 9.17) is 0 Å². The van der Waals surface area contributed by atoms with Crippen LogP contribution in [0.4, 0.5) is 0 Å². The highest BCUT2D eigenvalue weighted by atomic mass is 31.1. The minimum Gasteiger partial charge on any atom is -0.582 e. The van der Waals surface area contributed by atoms with Gasteiger partial charge in [0, 0.05) is 6.92 Å². The van der Waals surface area contributed by atoms with Crippen molar-refractivity contribution in [1.29, 1.82) is 0 Å². The van der Waals surface area contributed by atoms with Crippen LogP contribution in [0.1, 0.15) is 6.92 Å². The molecule has 0 aromatic rings. The fraction of sp³-hybridized carbons (Fsp3) is 0.500. The van der Waals surface area contributed by atoms with Crippen LogP contribution in [0.3, 0.4) is 0 Å². The van der Waals surface area contributed by atoms with E-state index in [-0.39, 0.29) is 5.78 Å². The van der Waals surface area contributed by atoms with Crippen LogP contribution in [0.15, 0.2) is 9.96 Å². The molecule has 0 aromatic heterocycles. The normalized spacial score (nSPS) is 12.5. The van der Waals surface area contributed by atoms with Crippen molar-refractivity contribution in [3.8, 4) is 0 Å². The van der Waals surface area contributed by atoms with E-state index in [2.05, 4.69) is 14.5 Å². The van der Waals surface area contributed by atoms with Crippen LogP contribution in [0.25, 0.3) is 0 Å². The molecule has 0 radical (unpaired) electrons. The third kappa shape index (κ3) is 5.50. The Morgan fingerprint density at radius 1 is 1.80 bits per heavy atom. The maximum Gasteiger partial charge on any atom is 0.369 e. The largest absolute Gasteiger partial charge is 0.582 e. The zero-order valence-corrected chi connectivity index (χ0v) is 6.54. The first-order valence-electron chi connectivity index (χ1n) is 2.42. The van der Waals surface area contributed by atoms with E-state index in [1.807, 2.05) is 0 Å². The molecule has 1 unspecified atom stereocenters. The topological polar surface area (TPSA) is 74.1 Å².